The van der Waals surface area contributed by atoms with Crippen molar-refractivity contribution in [3.8, 4) is 0 Å². The van der Waals surface area contributed by atoms with Gasteiger partial charge in [0.05, 0.1) is 0 Å². The first kappa shape index (κ1) is 15.1. The zero-order chi connectivity index (χ0) is 13.2. The van der Waals surface area contributed by atoms with Gasteiger partial charge >= 0.3 is 0 Å². The molecule has 0 radical (unpaired) electrons. The number of hydrogen-bond acceptors (Lipinski definition) is 2. The van der Waals surface area contributed by atoms with Gasteiger partial charge < -0.3 is 5.32 Å². The van der Waals surface area contributed by atoms with Crippen molar-refractivity contribution in [2.24, 2.45) is 0 Å². The van der Waals surface area contributed by atoms with Crippen LogP contribution < -0.4 is 5.32 Å². The molecule has 0 aliphatic heterocycles. The molecule has 1 amide bonds. The van der Waals surface area contributed by atoms with Crippen LogP contribution >= 0.6 is 12.6 Å². The molecule has 0 spiro atoms. The molecule has 0 bridgehead atoms. The molecule has 0 saturated carbocycles. The summed E-state index contributed by atoms with van der Waals surface area (Å²) in [5.41, 5.74) is 0.707. The van der Waals surface area contributed by atoms with Crippen molar-refractivity contribution in [2.45, 2.75) is 50.3 Å². The number of hydrogen-bond donors (Lipinski definition) is 2. The lowest BCUT2D eigenvalue weighted by atomic mass is 10.1. The normalized spacial score (nSPS) is 10.3. The molecule has 1 N–H and O–H groups in total. The topological polar surface area (TPSA) is 29.1 Å². The second kappa shape index (κ2) is 9.03. The smallest absolute Gasteiger partial charge is 0.251 e. The zero-order valence-corrected chi connectivity index (χ0v) is 12.0. The Hall–Kier alpha value is -0.960. The number of carbonyl (C=O) groups is 1. The second-order valence-electron chi connectivity index (χ2n) is 4.57. The molecule has 100 valence electrons. The summed E-state index contributed by atoms with van der Waals surface area (Å²) in [6.45, 7) is 2.99. The van der Waals surface area contributed by atoms with E-state index >= 15 is 0 Å². The first-order valence-electron chi connectivity index (χ1n) is 6.81. The molecule has 1 aromatic rings. The molecule has 0 unspecified atom stereocenters. The Morgan fingerprint density at radius 1 is 1.06 bits per heavy atom. The minimum atomic E-state index is 0.0110. The molecule has 0 atom stereocenters. The van der Waals surface area contributed by atoms with E-state index in [-0.39, 0.29) is 5.91 Å². The van der Waals surface area contributed by atoms with E-state index in [0.29, 0.717) is 5.56 Å². The van der Waals surface area contributed by atoms with Gasteiger partial charge in [-0.15, -0.1) is 12.6 Å². The molecular formula is C15H23NOS. The lowest BCUT2D eigenvalue weighted by Gasteiger charge is -2.05. The van der Waals surface area contributed by atoms with Crippen molar-refractivity contribution in [1.82, 2.24) is 5.32 Å². The average Bonchev–Trinajstić information content (AvgIpc) is 2.38. The van der Waals surface area contributed by atoms with Crippen molar-refractivity contribution in [2.75, 3.05) is 6.54 Å². The van der Waals surface area contributed by atoms with Gasteiger partial charge in [-0.2, -0.15) is 0 Å². The van der Waals surface area contributed by atoms with Crippen molar-refractivity contribution in [1.29, 1.82) is 0 Å². The molecule has 0 aromatic heterocycles. The van der Waals surface area contributed by atoms with Crippen molar-refractivity contribution in [3.63, 3.8) is 0 Å². The van der Waals surface area contributed by atoms with Gasteiger partial charge in [0.25, 0.3) is 5.91 Å². The Balaban J connectivity index is 2.12. The number of thiol groups is 1. The van der Waals surface area contributed by atoms with E-state index in [1.54, 1.807) is 12.1 Å². The van der Waals surface area contributed by atoms with Crippen LogP contribution in [-0.2, 0) is 0 Å². The van der Waals surface area contributed by atoms with Gasteiger partial charge in [0.1, 0.15) is 0 Å². The van der Waals surface area contributed by atoms with E-state index in [1.807, 2.05) is 12.1 Å². The fraction of sp³-hybridized carbons (Fsp3) is 0.533. The van der Waals surface area contributed by atoms with E-state index in [4.69, 9.17) is 0 Å². The van der Waals surface area contributed by atoms with Gasteiger partial charge in [-0.05, 0) is 30.7 Å². The standard InChI is InChI=1S/C15H23NOS/c1-2-3-4-5-6-7-12-16-15(17)13-8-10-14(18)11-9-13/h8-11,18H,2-7,12H2,1H3,(H,16,17). The maximum Gasteiger partial charge on any atom is 0.251 e. The zero-order valence-electron chi connectivity index (χ0n) is 11.1. The summed E-state index contributed by atoms with van der Waals surface area (Å²) >= 11 is 4.19. The molecule has 1 rings (SSSR count). The molecular weight excluding hydrogens is 242 g/mol. The first-order chi connectivity index (χ1) is 8.74. The third-order valence-electron chi connectivity index (χ3n) is 2.95. The SMILES string of the molecule is CCCCCCCCNC(=O)c1ccc(S)cc1. The first-order valence-corrected chi connectivity index (χ1v) is 7.26. The number of rotatable bonds is 8. The third-order valence-corrected chi connectivity index (χ3v) is 3.24. The Bertz CT molecular complexity index is 348. The number of nitrogens with one attached hydrogen (secondary N) is 1. The monoisotopic (exact) mass is 265 g/mol. The summed E-state index contributed by atoms with van der Waals surface area (Å²) in [5, 5.41) is 2.95. The summed E-state index contributed by atoms with van der Waals surface area (Å²) in [4.78, 5) is 12.6. The highest BCUT2D eigenvalue weighted by atomic mass is 32.1. The molecule has 0 aliphatic rings. The Kier molecular flexibility index (Phi) is 7.58. The van der Waals surface area contributed by atoms with Crippen LogP contribution in [0.2, 0.25) is 0 Å². The van der Waals surface area contributed by atoms with Crippen LogP contribution in [0.3, 0.4) is 0 Å². The minimum absolute atomic E-state index is 0.0110. The Morgan fingerprint density at radius 2 is 1.67 bits per heavy atom. The van der Waals surface area contributed by atoms with E-state index in [1.165, 1.54) is 32.1 Å². The van der Waals surface area contributed by atoms with E-state index in [0.717, 1.165) is 17.9 Å². The largest absolute Gasteiger partial charge is 0.352 e. The lowest BCUT2D eigenvalue weighted by molar-refractivity contribution is 0.0953. The number of carbonyl (C=O) groups excluding carboxylic acids is 1. The summed E-state index contributed by atoms with van der Waals surface area (Å²) in [7, 11) is 0. The average molecular weight is 265 g/mol. The van der Waals surface area contributed by atoms with E-state index in [9.17, 15) is 4.79 Å². The van der Waals surface area contributed by atoms with E-state index in [2.05, 4.69) is 24.9 Å². The predicted octanol–water partition coefficient (Wildman–Crippen LogP) is 4.07. The molecule has 1 aromatic carbocycles. The quantitative estimate of drug-likeness (QED) is 0.538. The van der Waals surface area contributed by atoms with Gasteiger partial charge in [0, 0.05) is 17.0 Å². The van der Waals surface area contributed by atoms with Crippen molar-refractivity contribution >= 4 is 18.5 Å². The molecule has 3 heteroatoms. The summed E-state index contributed by atoms with van der Waals surface area (Å²) in [6, 6.07) is 7.28. The van der Waals surface area contributed by atoms with Gasteiger partial charge in [0.15, 0.2) is 0 Å². The maximum absolute atomic E-state index is 11.8. The fourth-order valence-electron chi connectivity index (χ4n) is 1.82. The van der Waals surface area contributed by atoms with Crippen LogP contribution in [0, 0.1) is 0 Å². The van der Waals surface area contributed by atoms with Gasteiger partial charge in [-0.25, -0.2) is 0 Å². The predicted molar refractivity (Wildman–Crippen MR) is 79.4 cm³/mol. The van der Waals surface area contributed by atoms with Crippen molar-refractivity contribution < 1.29 is 4.79 Å². The van der Waals surface area contributed by atoms with E-state index < -0.39 is 0 Å². The van der Waals surface area contributed by atoms with Crippen LogP contribution in [-0.4, -0.2) is 12.5 Å². The maximum atomic E-state index is 11.8. The lowest BCUT2D eigenvalue weighted by Crippen LogP contribution is -2.24. The molecule has 0 aliphatic carbocycles. The highest BCUT2D eigenvalue weighted by molar-refractivity contribution is 7.80. The van der Waals surface area contributed by atoms with Gasteiger partial charge in [-0.3, -0.25) is 4.79 Å². The van der Waals surface area contributed by atoms with Gasteiger partial charge in [0.2, 0.25) is 0 Å². The number of unbranched alkanes of at least 4 members (excludes halogenated alkanes) is 5. The Morgan fingerprint density at radius 3 is 2.33 bits per heavy atom. The molecule has 2 nitrogen and oxygen atoms in total. The summed E-state index contributed by atoms with van der Waals surface area (Å²) in [6.07, 6.45) is 7.46. The second-order valence-corrected chi connectivity index (χ2v) is 5.09. The van der Waals surface area contributed by atoms with Crippen molar-refractivity contribution in [3.05, 3.63) is 29.8 Å². The molecule has 0 heterocycles. The van der Waals surface area contributed by atoms with Crippen LogP contribution in [0.1, 0.15) is 55.8 Å². The molecule has 0 fully saturated rings. The van der Waals surface area contributed by atoms with Crippen LogP contribution in [0.15, 0.2) is 29.2 Å². The number of benzene rings is 1. The van der Waals surface area contributed by atoms with Crippen LogP contribution in [0.5, 0.6) is 0 Å². The highest BCUT2D eigenvalue weighted by Gasteiger charge is 2.03. The Labute approximate surface area is 116 Å². The van der Waals surface area contributed by atoms with Gasteiger partial charge in [-0.1, -0.05) is 39.0 Å². The van der Waals surface area contributed by atoms with Crippen LogP contribution in [0.4, 0.5) is 0 Å². The highest BCUT2D eigenvalue weighted by Crippen LogP contribution is 2.08. The summed E-state index contributed by atoms with van der Waals surface area (Å²) in [5.74, 6) is 0.0110. The fourth-order valence-corrected chi connectivity index (χ4v) is 1.97. The third kappa shape index (κ3) is 6.10. The summed E-state index contributed by atoms with van der Waals surface area (Å²) < 4.78 is 0. The number of amides is 1. The molecule has 0 saturated heterocycles. The molecule has 18 heavy (non-hydrogen) atoms. The minimum Gasteiger partial charge on any atom is -0.352 e. The van der Waals surface area contributed by atoms with Crippen LogP contribution in [0.25, 0.3) is 0 Å².